The number of rotatable bonds is 10. The standard InChI is InChI=1S/C36H44O21/c1-11-22(41)25(44)27(46)35(51-11)57-33-29(48)34(52-12(2)30(33)53-13(3)37)50-10-20-23(42)26(45)28(47)36(55-20)56-32-24(43)21-18(40)8-15(49-4)9-19(21)54-31(32)14-5-6-16(38)17(39)7-14/h5-9,11-12,20,22-23,25-30,33-36,38-42,44-48H,10H2,1-4H3/t11-,12-,20+,22-,23+,25+,26-,27+,28+,29+,30-,33-,34+,35-,36-/m0/s1. The number of carbonyl (C=O) groups is 1. The van der Waals surface area contributed by atoms with Crippen molar-refractivity contribution in [3.63, 3.8) is 0 Å². The SMILES string of the molecule is COc1cc(O)c2c(=O)c(O[C@@H]3O[C@H](CO[C@@H]4O[C@@H](C)[C@H](OC(C)=O)[C@@H](O[C@@H]5O[C@@H](C)[C@H](O)[C@@H](O)[C@H]5O)[C@H]4O)[C@@H](O)[C@H](O)[C@H]3O)c(-c3ccc(O)c(O)c3)oc2c1. The van der Waals surface area contributed by atoms with Crippen molar-refractivity contribution in [2.45, 2.75) is 113 Å². The summed E-state index contributed by atoms with van der Waals surface area (Å²) in [6.07, 6.45) is -24.5. The van der Waals surface area contributed by atoms with E-state index in [0.29, 0.717) is 0 Å². The molecule has 0 saturated carbocycles. The van der Waals surface area contributed by atoms with Crippen LogP contribution in [0.4, 0.5) is 0 Å². The first-order chi connectivity index (χ1) is 26.9. The lowest BCUT2D eigenvalue weighted by molar-refractivity contribution is -0.359. The van der Waals surface area contributed by atoms with Crippen molar-refractivity contribution in [3.8, 4) is 40.1 Å². The van der Waals surface area contributed by atoms with Crippen LogP contribution in [0.5, 0.6) is 28.7 Å². The molecule has 0 bridgehead atoms. The molecule has 314 valence electrons. The van der Waals surface area contributed by atoms with E-state index in [2.05, 4.69) is 0 Å². The highest BCUT2D eigenvalue weighted by atomic mass is 16.8. The van der Waals surface area contributed by atoms with Crippen LogP contribution in [0.3, 0.4) is 0 Å². The third-order valence-electron chi connectivity index (χ3n) is 9.86. The average molecular weight is 813 g/mol. The normalized spacial score (nSPS) is 35.8. The molecule has 0 aliphatic carbocycles. The van der Waals surface area contributed by atoms with Crippen LogP contribution in [0.15, 0.2) is 39.5 Å². The highest BCUT2D eigenvalue weighted by Gasteiger charge is 2.52. The number of fused-ring (bicyclic) bond motifs is 1. The Morgan fingerprint density at radius 2 is 1.39 bits per heavy atom. The zero-order valence-electron chi connectivity index (χ0n) is 30.7. The van der Waals surface area contributed by atoms with E-state index in [9.17, 15) is 60.7 Å². The lowest BCUT2D eigenvalue weighted by Gasteiger charge is -2.46. The summed E-state index contributed by atoms with van der Waals surface area (Å²) >= 11 is 0. The molecule has 0 amide bonds. The van der Waals surface area contributed by atoms with Crippen molar-refractivity contribution >= 4 is 16.9 Å². The number of methoxy groups -OCH3 is 1. The van der Waals surface area contributed by atoms with E-state index in [1.54, 1.807) is 0 Å². The van der Waals surface area contributed by atoms with Crippen molar-refractivity contribution in [3.05, 3.63) is 40.6 Å². The summed E-state index contributed by atoms with van der Waals surface area (Å²) in [5.41, 5.74) is -1.22. The van der Waals surface area contributed by atoms with E-state index in [4.69, 9.17) is 42.3 Å². The van der Waals surface area contributed by atoms with E-state index < -0.39 is 139 Å². The molecular formula is C36H44O21. The monoisotopic (exact) mass is 812 g/mol. The molecule has 3 fully saturated rings. The molecule has 2 aromatic carbocycles. The maximum Gasteiger partial charge on any atom is 0.303 e. The lowest BCUT2D eigenvalue weighted by atomic mass is 9.97. The predicted molar refractivity (Wildman–Crippen MR) is 186 cm³/mol. The van der Waals surface area contributed by atoms with Gasteiger partial charge < -0.3 is 93.4 Å². The molecule has 0 unspecified atom stereocenters. The van der Waals surface area contributed by atoms with Crippen LogP contribution >= 0.6 is 0 Å². The van der Waals surface area contributed by atoms with Gasteiger partial charge in [0, 0.05) is 24.6 Å². The number of hydrogen-bond acceptors (Lipinski definition) is 21. The lowest BCUT2D eigenvalue weighted by Crippen LogP contribution is -2.64. The van der Waals surface area contributed by atoms with E-state index in [1.807, 2.05) is 0 Å². The van der Waals surface area contributed by atoms with Crippen molar-refractivity contribution < 1.29 is 98.2 Å². The Morgan fingerprint density at radius 1 is 0.719 bits per heavy atom. The molecule has 1 aromatic heterocycles. The molecule has 21 heteroatoms. The molecule has 10 N–H and O–H groups in total. The molecular weight excluding hydrogens is 768 g/mol. The van der Waals surface area contributed by atoms with Crippen LogP contribution in [0, 0.1) is 0 Å². The Morgan fingerprint density at radius 3 is 2.05 bits per heavy atom. The number of carbonyl (C=O) groups excluding carboxylic acids is 1. The van der Waals surface area contributed by atoms with Gasteiger partial charge in [0.05, 0.1) is 25.9 Å². The van der Waals surface area contributed by atoms with E-state index in [1.165, 1.54) is 33.1 Å². The molecule has 3 aliphatic heterocycles. The zero-order chi connectivity index (χ0) is 41.6. The fraction of sp³-hybridized carbons (Fsp3) is 0.556. The quantitative estimate of drug-likeness (QED) is 0.0785. The molecule has 3 aromatic rings. The second-order valence-electron chi connectivity index (χ2n) is 13.8. The van der Waals surface area contributed by atoms with Crippen LogP contribution in [0.1, 0.15) is 20.8 Å². The van der Waals surface area contributed by atoms with E-state index in [0.717, 1.165) is 25.1 Å². The largest absolute Gasteiger partial charge is 0.507 e. The zero-order valence-corrected chi connectivity index (χ0v) is 30.7. The van der Waals surface area contributed by atoms with Gasteiger partial charge in [0.25, 0.3) is 0 Å². The summed E-state index contributed by atoms with van der Waals surface area (Å²) in [5, 5.41) is 105. The number of phenolic OH excluding ortho intramolecular Hbond substituents is 3. The molecule has 0 radical (unpaired) electrons. The van der Waals surface area contributed by atoms with Crippen molar-refractivity contribution in [1.82, 2.24) is 0 Å². The average Bonchev–Trinajstić information content (AvgIpc) is 3.16. The van der Waals surface area contributed by atoms with E-state index >= 15 is 0 Å². The molecule has 3 aliphatic rings. The summed E-state index contributed by atoms with van der Waals surface area (Å²) in [7, 11) is 1.31. The number of aromatic hydroxyl groups is 3. The van der Waals surface area contributed by atoms with Gasteiger partial charge in [0.1, 0.15) is 77.4 Å². The summed E-state index contributed by atoms with van der Waals surface area (Å²) in [6, 6.07) is 5.79. The summed E-state index contributed by atoms with van der Waals surface area (Å²) in [6.45, 7) is 3.22. The second-order valence-corrected chi connectivity index (χ2v) is 13.8. The molecule has 15 atom stereocenters. The Balaban J connectivity index is 1.26. The number of ether oxygens (including phenoxy) is 8. The number of hydrogen-bond donors (Lipinski definition) is 10. The Kier molecular flexibility index (Phi) is 12.5. The third kappa shape index (κ3) is 8.32. The van der Waals surface area contributed by atoms with Crippen LogP contribution in [-0.2, 0) is 33.2 Å². The van der Waals surface area contributed by atoms with E-state index in [-0.39, 0.29) is 22.7 Å². The summed E-state index contributed by atoms with van der Waals surface area (Å²) in [4.78, 5) is 25.9. The van der Waals surface area contributed by atoms with Gasteiger partial charge >= 0.3 is 5.97 Å². The molecule has 3 saturated heterocycles. The topological polar surface area (TPSA) is 323 Å². The first-order valence-electron chi connectivity index (χ1n) is 17.7. The predicted octanol–water partition coefficient (Wildman–Crippen LogP) is -1.96. The molecule has 4 heterocycles. The molecule has 6 rings (SSSR count). The summed E-state index contributed by atoms with van der Waals surface area (Å²) in [5.74, 6) is -3.47. The highest BCUT2D eigenvalue weighted by molar-refractivity contribution is 5.88. The first-order valence-corrected chi connectivity index (χ1v) is 17.7. The highest BCUT2D eigenvalue weighted by Crippen LogP contribution is 2.40. The second kappa shape index (κ2) is 16.9. The summed E-state index contributed by atoms with van der Waals surface area (Å²) < 4.78 is 50.8. The molecule has 0 spiro atoms. The smallest absolute Gasteiger partial charge is 0.303 e. The van der Waals surface area contributed by atoms with Gasteiger partial charge in [0.15, 0.2) is 35.9 Å². The first kappa shape index (κ1) is 42.3. The number of esters is 1. The molecule has 21 nitrogen and oxygen atoms in total. The maximum atomic E-state index is 13.9. The van der Waals surface area contributed by atoms with Crippen LogP contribution in [-0.4, -0.2) is 163 Å². The van der Waals surface area contributed by atoms with Gasteiger partial charge in [-0.15, -0.1) is 0 Å². The number of phenols is 3. The molecule has 57 heavy (non-hydrogen) atoms. The fourth-order valence-electron chi connectivity index (χ4n) is 6.71. The van der Waals surface area contributed by atoms with Gasteiger partial charge in [-0.1, -0.05) is 0 Å². The Labute approximate surface area is 322 Å². The van der Waals surface area contributed by atoms with Crippen molar-refractivity contribution in [2.75, 3.05) is 13.7 Å². The van der Waals surface area contributed by atoms with Crippen LogP contribution in [0.25, 0.3) is 22.3 Å². The maximum absolute atomic E-state index is 13.9. The van der Waals surface area contributed by atoms with Gasteiger partial charge in [0.2, 0.25) is 17.5 Å². The third-order valence-corrected chi connectivity index (χ3v) is 9.86. The Bertz CT molecular complexity index is 1970. The van der Waals surface area contributed by atoms with Gasteiger partial charge in [-0.2, -0.15) is 0 Å². The van der Waals surface area contributed by atoms with Crippen LogP contribution in [0.2, 0.25) is 0 Å². The van der Waals surface area contributed by atoms with Gasteiger partial charge in [-0.3, -0.25) is 9.59 Å². The van der Waals surface area contributed by atoms with Gasteiger partial charge in [-0.05, 0) is 32.0 Å². The van der Waals surface area contributed by atoms with Crippen molar-refractivity contribution in [1.29, 1.82) is 0 Å². The minimum absolute atomic E-state index is 0.0277. The minimum atomic E-state index is -2.03. The van der Waals surface area contributed by atoms with Crippen molar-refractivity contribution in [2.24, 2.45) is 0 Å². The fourth-order valence-corrected chi connectivity index (χ4v) is 6.71. The van der Waals surface area contributed by atoms with Crippen LogP contribution < -0.4 is 14.9 Å². The number of aliphatic hydroxyl groups excluding tert-OH is 7. The minimum Gasteiger partial charge on any atom is -0.507 e. The number of aliphatic hydroxyl groups is 7. The van der Waals surface area contributed by atoms with Gasteiger partial charge in [-0.25, -0.2) is 0 Å². The Hall–Kier alpha value is -4.36. The number of benzene rings is 2.